The zero-order valence-electron chi connectivity index (χ0n) is 5.15. The summed E-state index contributed by atoms with van der Waals surface area (Å²) in [6.07, 6.45) is 10.0. The molecule has 0 fully saturated rings. The van der Waals surface area contributed by atoms with Gasteiger partial charge in [-0.2, -0.15) is 0 Å². The van der Waals surface area contributed by atoms with Gasteiger partial charge in [0.25, 0.3) is 0 Å². The fourth-order valence-corrected chi connectivity index (χ4v) is 0.321. The van der Waals surface area contributed by atoms with Crippen LogP contribution >= 0.6 is 0 Å². The number of hydrogen-bond donors (Lipinski definition) is 0. The molecule has 3 heteroatoms. The van der Waals surface area contributed by atoms with Crippen LogP contribution in [0.2, 0.25) is 0 Å². The van der Waals surface area contributed by atoms with Crippen LogP contribution in [-0.4, -0.2) is 0 Å². The normalized spacial score (nSPS) is 9.20. The van der Waals surface area contributed by atoms with E-state index in [-0.39, 0.29) is 17.1 Å². The van der Waals surface area contributed by atoms with E-state index in [1.165, 1.54) is 0 Å². The molecule has 0 heterocycles. The summed E-state index contributed by atoms with van der Waals surface area (Å²) in [6, 6.07) is 0. The van der Waals surface area contributed by atoms with Crippen LogP contribution in [0.3, 0.4) is 0 Å². The Labute approximate surface area is 70.9 Å². The predicted molar refractivity (Wildman–Crippen MR) is 33.2 cm³/mol. The second-order valence-electron chi connectivity index (χ2n) is 0.962. The molecule has 0 saturated heterocycles. The molecule has 0 N–H and O–H groups in total. The van der Waals surface area contributed by atoms with Gasteiger partial charge in [0.2, 0.25) is 0 Å². The van der Waals surface area contributed by atoms with Crippen LogP contribution in [0, 0.1) is 19.7 Å². The SMILES string of the molecule is [C-]#[O+].[C-]#[O+].[CH]1C=CC=C1.[MnH2]. The first kappa shape index (κ1) is 16.2. The molecule has 0 atom stereocenters. The summed E-state index contributed by atoms with van der Waals surface area (Å²) in [5.41, 5.74) is 0. The average Bonchev–Trinajstić information content (AvgIpc) is 2.51. The van der Waals surface area contributed by atoms with Crippen LogP contribution in [-0.2, 0) is 26.4 Å². The van der Waals surface area contributed by atoms with E-state index in [0.29, 0.717) is 0 Å². The molecule has 0 aromatic heterocycles. The molecular weight excluding hydrogens is 171 g/mol. The fourth-order valence-electron chi connectivity index (χ4n) is 0.321. The number of rotatable bonds is 0. The van der Waals surface area contributed by atoms with Crippen molar-refractivity contribution in [3.05, 3.63) is 44.0 Å². The van der Waals surface area contributed by atoms with Crippen LogP contribution < -0.4 is 0 Å². The van der Waals surface area contributed by atoms with Crippen LogP contribution in [0.5, 0.6) is 0 Å². The van der Waals surface area contributed by atoms with Gasteiger partial charge in [-0.25, -0.2) is 0 Å². The van der Waals surface area contributed by atoms with Gasteiger partial charge < -0.3 is 0 Å². The summed E-state index contributed by atoms with van der Waals surface area (Å²) < 4.78 is 15.0. The molecule has 0 aromatic carbocycles. The molecule has 0 aliphatic heterocycles. The molecule has 2 radical (unpaired) electrons. The van der Waals surface area contributed by atoms with Crippen molar-refractivity contribution in [2.24, 2.45) is 0 Å². The summed E-state index contributed by atoms with van der Waals surface area (Å²) in [5, 5.41) is 0. The summed E-state index contributed by atoms with van der Waals surface area (Å²) in [5.74, 6) is 0. The van der Waals surface area contributed by atoms with Crippen molar-refractivity contribution in [1.82, 2.24) is 0 Å². The second-order valence-corrected chi connectivity index (χ2v) is 0.962. The van der Waals surface area contributed by atoms with Crippen LogP contribution in [0.15, 0.2) is 24.3 Å². The van der Waals surface area contributed by atoms with Crippen molar-refractivity contribution >= 4 is 0 Å². The molecule has 1 aliphatic rings. The molecule has 0 aromatic rings. The van der Waals surface area contributed by atoms with Crippen molar-refractivity contribution < 1.29 is 26.4 Å². The van der Waals surface area contributed by atoms with E-state index in [0.717, 1.165) is 0 Å². The molecule has 10 heavy (non-hydrogen) atoms. The van der Waals surface area contributed by atoms with Crippen LogP contribution in [0.25, 0.3) is 0 Å². The molecule has 0 unspecified atom stereocenters. The van der Waals surface area contributed by atoms with Gasteiger partial charge in [0.05, 0.1) is 0 Å². The quantitative estimate of drug-likeness (QED) is 0.297. The molecule has 0 spiro atoms. The van der Waals surface area contributed by atoms with Crippen LogP contribution in [0.1, 0.15) is 0 Å². The van der Waals surface area contributed by atoms with Crippen molar-refractivity contribution in [2.45, 2.75) is 0 Å². The summed E-state index contributed by atoms with van der Waals surface area (Å²) >= 11 is 0. The van der Waals surface area contributed by atoms with E-state index >= 15 is 0 Å². The Morgan fingerprint density at radius 2 is 1.00 bits per heavy atom. The zero-order chi connectivity index (χ0) is 7.54. The van der Waals surface area contributed by atoms with Crippen LogP contribution in [0.4, 0.5) is 0 Å². The fraction of sp³-hybridized carbons (Fsp3) is 0. The number of allylic oxidation sites excluding steroid dienone is 4. The minimum absolute atomic E-state index is 0. The Bertz CT molecular complexity index is 117. The Morgan fingerprint density at radius 3 is 1.10 bits per heavy atom. The van der Waals surface area contributed by atoms with E-state index in [9.17, 15) is 0 Å². The van der Waals surface area contributed by atoms with E-state index < -0.39 is 0 Å². The molecule has 54 valence electrons. The van der Waals surface area contributed by atoms with Gasteiger partial charge in [0.1, 0.15) is 0 Å². The van der Waals surface area contributed by atoms with Gasteiger partial charge in [-0.05, 0) is 0 Å². The van der Waals surface area contributed by atoms with E-state index in [4.69, 9.17) is 9.30 Å². The van der Waals surface area contributed by atoms with Gasteiger partial charge in [0, 0.05) is 6.42 Å². The maximum absolute atomic E-state index is 7.50. The van der Waals surface area contributed by atoms with Gasteiger partial charge in [0.15, 0.2) is 0 Å². The monoisotopic (exact) mass is 178 g/mol. The third-order valence-electron chi connectivity index (χ3n) is 0.556. The Hall–Kier alpha value is -0.521. The van der Waals surface area contributed by atoms with Crippen molar-refractivity contribution in [1.29, 1.82) is 0 Å². The Kier molecular flexibility index (Phi) is 38.4. The first-order valence-electron chi connectivity index (χ1n) is 2.07. The summed E-state index contributed by atoms with van der Waals surface area (Å²) in [4.78, 5) is 0. The Balaban J connectivity index is -0.0000000875. The number of hydrogen-bond acceptors (Lipinski definition) is 0. The summed E-state index contributed by atoms with van der Waals surface area (Å²) in [7, 11) is 0. The molecule has 0 bridgehead atoms. The first-order valence-corrected chi connectivity index (χ1v) is 2.07. The third-order valence-corrected chi connectivity index (χ3v) is 0.556. The van der Waals surface area contributed by atoms with Gasteiger partial charge in [-0.3, -0.25) is 0 Å². The van der Waals surface area contributed by atoms with E-state index in [2.05, 4.69) is 13.3 Å². The molecular formula is C7H7MnO2. The first-order chi connectivity index (χ1) is 4.50. The molecule has 0 amide bonds. The van der Waals surface area contributed by atoms with Gasteiger partial charge >= 0.3 is 39.7 Å². The van der Waals surface area contributed by atoms with Crippen molar-refractivity contribution in [3.8, 4) is 0 Å². The summed E-state index contributed by atoms with van der Waals surface area (Å²) in [6.45, 7) is 9.00. The minimum atomic E-state index is 0. The van der Waals surface area contributed by atoms with Gasteiger partial charge in [-0.1, -0.05) is 24.3 Å². The molecule has 1 aliphatic carbocycles. The molecule has 1 rings (SSSR count). The van der Waals surface area contributed by atoms with E-state index in [1.54, 1.807) is 0 Å². The predicted octanol–water partition coefficient (Wildman–Crippen LogP) is 0.704. The van der Waals surface area contributed by atoms with E-state index in [1.807, 2.05) is 30.7 Å². The average molecular weight is 178 g/mol. The zero-order valence-corrected chi connectivity index (χ0v) is 6.55. The van der Waals surface area contributed by atoms with Crippen molar-refractivity contribution in [3.63, 3.8) is 0 Å². The van der Waals surface area contributed by atoms with Crippen molar-refractivity contribution in [2.75, 3.05) is 0 Å². The second kappa shape index (κ2) is 23.6. The molecule has 0 saturated carbocycles. The van der Waals surface area contributed by atoms with Gasteiger partial charge in [-0.15, -0.1) is 0 Å². The Morgan fingerprint density at radius 1 is 0.700 bits per heavy atom. The topological polar surface area (TPSA) is 39.8 Å². The molecule has 2 nitrogen and oxygen atoms in total. The standard InChI is InChI=1S/C5H5.2CO.Mn.2H/c1-2-4-5-3-1;2*1-2;;;/h1-5H;;;;;. The third kappa shape index (κ3) is 15.6. The maximum atomic E-state index is 7.50.